The number of nitrogens with zero attached hydrogens (tertiary/aromatic N) is 1. The summed E-state index contributed by atoms with van der Waals surface area (Å²) in [5.74, 6) is -1.46. The number of aliphatic hydroxyl groups is 1. The molecule has 0 radical (unpaired) electrons. The Hall–Kier alpha value is -3.58. The molecular formula is C25H18BrNO5. The van der Waals surface area contributed by atoms with Crippen molar-refractivity contribution in [2.45, 2.75) is 19.9 Å². The van der Waals surface area contributed by atoms with Crippen LogP contribution in [0.2, 0.25) is 0 Å². The lowest BCUT2D eigenvalue weighted by Gasteiger charge is -2.25. The quantitative estimate of drug-likeness (QED) is 0.344. The van der Waals surface area contributed by atoms with Crippen LogP contribution in [0.4, 0.5) is 5.69 Å². The van der Waals surface area contributed by atoms with Gasteiger partial charge in [-0.15, -0.1) is 0 Å². The van der Waals surface area contributed by atoms with Gasteiger partial charge in [0.05, 0.1) is 11.8 Å². The van der Waals surface area contributed by atoms with E-state index in [4.69, 9.17) is 8.83 Å². The third kappa shape index (κ3) is 3.26. The number of hydrogen-bond acceptors (Lipinski definition) is 5. The number of anilines is 1. The van der Waals surface area contributed by atoms with Gasteiger partial charge in [0.15, 0.2) is 11.5 Å². The van der Waals surface area contributed by atoms with E-state index in [-0.39, 0.29) is 11.3 Å². The molecule has 0 aliphatic carbocycles. The van der Waals surface area contributed by atoms with Crippen LogP contribution in [0.15, 0.2) is 85.5 Å². The predicted molar refractivity (Wildman–Crippen MR) is 123 cm³/mol. The lowest BCUT2D eigenvalue weighted by molar-refractivity contribution is -0.117. The van der Waals surface area contributed by atoms with Gasteiger partial charge in [0.25, 0.3) is 5.91 Å². The summed E-state index contributed by atoms with van der Waals surface area (Å²) >= 11 is 3.40. The molecule has 1 aliphatic heterocycles. The van der Waals surface area contributed by atoms with E-state index in [2.05, 4.69) is 15.9 Å². The number of Topliss-reactive ketones (excluding diaryl/α,β-unsaturated/α-hetero) is 1. The summed E-state index contributed by atoms with van der Waals surface area (Å²) in [6.45, 7) is 3.84. The highest BCUT2D eigenvalue weighted by atomic mass is 79.9. The number of amides is 1. The summed E-state index contributed by atoms with van der Waals surface area (Å²) in [7, 11) is 0. The van der Waals surface area contributed by atoms with Gasteiger partial charge in [-0.2, -0.15) is 0 Å². The van der Waals surface area contributed by atoms with E-state index in [1.807, 2.05) is 44.2 Å². The van der Waals surface area contributed by atoms with Crippen LogP contribution >= 0.6 is 15.9 Å². The molecule has 3 heterocycles. The normalized spacial score (nSPS) is 16.4. The monoisotopic (exact) mass is 491 g/mol. The van der Waals surface area contributed by atoms with Gasteiger partial charge in [0, 0.05) is 15.5 Å². The van der Waals surface area contributed by atoms with Crippen molar-refractivity contribution in [2.75, 3.05) is 4.90 Å². The zero-order valence-electron chi connectivity index (χ0n) is 17.3. The number of carbonyl (C=O) groups is 2. The third-order valence-electron chi connectivity index (χ3n) is 5.45. The Bertz CT molecular complexity index is 1390. The van der Waals surface area contributed by atoms with Gasteiger partial charge in [-0.05, 0) is 73.5 Å². The van der Waals surface area contributed by atoms with Crippen LogP contribution in [0.5, 0.6) is 0 Å². The molecular weight excluding hydrogens is 474 g/mol. The first-order chi connectivity index (χ1) is 15.3. The maximum absolute atomic E-state index is 13.5. The zero-order valence-corrected chi connectivity index (χ0v) is 18.8. The Morgan fingerprint density at radius 3 is 2.50 bits per heavy atom. The van der Waals surface area contributed by atoms with Crippen LogP contribution in [0.25, 0.3) is 11.0 Å². The fraction of sp³-hybridized carbons (Fsp3) is 0.120. The Kier molecular flexibility index (Phi) is 4.78. The number of rotatable bonds is 4. The van der Waals surface area contributed by atoms with E-state index in [0.29, 0.717) is 17.0 Å². The maximum Gasteiger partial charge on any atom is 0.294 e. The highest BCUT2D eigenvalue weighted by Gasteiger charge is 2.46. The van der Waals surface area contributed by atoms with Crippen molar-refractivity contribution in [2.24, 2.45) is 0 Å². The van der Waals surface area contributed by atoms with Crippen LogP contribution in [-0.4, -0.2) is 16.8 Å². The average Bonchev–Trinajstić information content (AvgIpc) is 3.45. The summed E-state index contributed by atoms with van der Waals surface area (Å²) in [4.78, 5) is 28.1. The molecule has 4 aromatic rings. The van der Waals surface area contributed by atoms with Crippen LogP contribution in [0.1, 0.15) is 33.5 Å². The third-order valence-corrected chi connectivity index (χ3v) is 5.95. The van der Waals surface area contributed by atoms with Crippen molar-refractivity contribution < 1.29 is 23.5 Å². The summed E-state index contributed by atoms with van der Waals surface area (Å²) in [5.41, 5.74) is 2.92. The van der Waals surface area contributed by atoms with E-state index in [1.54, 1.807) is 24.3 Å². The van der Waals surface area contributed by atoms with E-state index < -0.39 is 23.5 Å². The zero-order chi connectivity index (χ0) is 22.6. The summed E-state index contributed by atoms with van der Waals surface area (Å²) in [6, 6.07) is 15.1. The SMILES string of the molecule is Cc1cc(C)cc(N2C(=O)C(O)=C(C(=O)c3cc4cc(Br)ccc4o3)C2c2ccco2)c1. The number of carbonyl (C=O) groups excluding carboxylic acids is 2. The van der Waals surface area contributed by atoms with E-state index in [1.165, 1.54) is 11.2 Å². The van der Waals surface area contributed by atoms with Crippen molar-refractivity contribution in [1.82, 2.24) is 0 Å². The number of hydrogen-bond donors (Lipinski definition) is 1. The molecule has 1 atom stereocenters. The smallest absolute Gasteiger partial charge is 0.294 e. The molecule has 0 saturated carbocycles. The number of halogens is 1. The number of benzene rings is 2. The van der Waals surface area contributed by atoms with E-state index in [0.717, 1.165) is 21.0 Å². The van der Waals surface area contributed by atoms with Crippen LogP contribution < -0.4 is 4.90 Å². The first kappa shape index (κ1) is 20.3. The standard InChI is InChI=1S/C25H18BrNO5/c1-13-8-14(2)10-17(9-13)27-22(19-4-3-7-31-19)21(24(29)25(27)30)23(28)20-12-15-11-16(26)5-6-18(15)32-20/h3-12,22,29H,1-2H3. The summed E-state index contributed by atoms with van der Waals surface area (Å²) < 4.78 is 12.2. The fourth-order valence-corrected chi connectivity index (χ4v) is 4.55. The van der Waals surface area contributed by atoms with Gasteiger partial charge in [0.1, 0.15) is 17.4 Å². The molecule has 6 nitrogen and oxygen atoms in total. The molecule has 1 aliphatic rings. The number of furan rings is 2. The van der Waals surface area contributed by atoms with Gasteiger partial charge in [-0.3, -0.25) is 14.5 Å². The Labute approximate surface area is 191 Å². The molecule has 0 bridgehead atoms. The molecule has 5 rings (SSSR count). The lowest BCUT2D eigenvalue weighted by Crippen LogP contribution is -2.31. The molecule has 1 unspecified atom stereocenters. The molecule has 1 N–H and O–H groups in total. The van der Waals surface area contributed by atoms with E-state index in [9.17, 15) is 14.7 Å². The second kappa shape index (κ2) is 7.53. The maximum atomic E-state index is 13.5. The van der Waals surface area contributed by atoms with Crippen molar-refractivity contribution in [3.63, 3.8) is 0 Å². The molecule has 0 fully saturated rings. The largest absolute Gasteiger partial charge is 0.503 e. The first-order valence-electron chi connectivity index (χ1n) is 9.95. The second-order valence-corrected chi connectivity index (χ2v) is 8.74. The minimum atomic E-state index is -0.925. The molecule has 2 aromatic heterocycles. The second-order valence-electron chi connectivity index (χ2n) is 7.82. The Morgan fingerprint density at radius 1 is 1.06 bits per heavy atom. The molecule has 1 amide bonds. The van der Waals surface area contributed by atoms with Gasteiger partial charge >= 0.3 is 0 Å². The van der Waals surface area contributed by atoms with E-state index >= 15 is 0 Å². The summed E-state index contributed by atoms with van der Waals surface area (Å²) in [6.07, 6.45) is 1.47. The van der Waals surface area contributed by atoms with Crippen molar-refractivity contribution in [3.05, 3.63) is 99.3 Å². The minimum absolute atomic E-state index is 0.0336. The molecule has 7 heteroatoms. The Morgan fingerprint density at radius 2 is 1.81 bits per heavy atom. The highest BCUT2D eigenvalue weighted by molar-refractivity contribution is 9.10. The van der Waals surface area contributed by atoms with Gasteiger partial charge < -0.3 is 13.9 Å². The van der Waals surface area contributed by atoms with Crippen molar-refractivity contribution in [1.29, 1.82) is 0 Å². The molecule has 0 saturated heterocycles. The number of fused-ring (bicyclic) bond motifs is 1. The topological polar surface area (TPSA) is 83.9 Å². The van der Waals surface area contributed by atoms with Gasteiger partial charge in [-0.1, -0.05) is 22.0 Å². The van der Waals surface area contributed by atoms with Crippen molar-refractivity contribution >= 4 is 44.3 Å². The number of aliphatic hydroxyl groups excluding tert-OH is 1. The molecule has 0 spiro atoms. The number of ketones is 1. The minimum Gasteiger partial charge on any atom is -0.503 e. The molecule has 2 aromatic carbocycles. The van der Waals surface area contributed by atoms with Crippen LogP contribution in [-0.2, 0) is 4.79 Å². The summed E-state index contributed by atoms with van der Waals surface area (Å²) in [5, 5.41) is 11.6. The Balaban J connectivity index is 1.65. The van der Waals surface area contributed by atoms with Gasteiger partial charge in [0.2, 0.25) is 5.78 Å². The average molecular weight is 492 g/mol. The first-order valence-corrected chi connectivity index (χ1v) is 10.7. The van der Waals surface area contributed by atoms with Crippen LogP contribution in [0.3, 0.4) is 0 Å². The van der Waals surface area contributed by atoms with Crippen molar-refractivity contribution in [3.8, 4) is 0 Å². The van der Waals surface area contributed by atoms with Crippen LogP contribution in [0, 0.1) is 13.8 Å². The predicted octanol–water partition coefficient (Wildman–Crippen LogP) is 6.19. The number of aryl methyl sites for hydroxylation is 2. The molecule has 160 valence electrons. The molecule has 32 heavy (non-hydrogen) atoms. The highest BCUT2D eigenvalue weighted by Crippen LogP contribution is 2.43. The lowest BCUT2D eigenvalue weighted by atomic mass is 9.99. The van der Waals surface area contributed by atoms with Gasteiger partial charge in [-0.25, -0.2) is 0 Å². The fourth-order valence-electron chi connectivity index (χ4n) is 4.17.